The molecule has 0 aliphatic rings. The van der Waals surface area contributed by atoms with Gasteiger partial charge in [0.2, 0.25) is 0 Å². The van der Waals surface area contributed by atoms with Crippen molar-refractivity contribution >= 4 is 32.8 Å². The van der Waals surface area contributed by atoms with Crippen LogP contribution < -0.4 is 0 Å². The molecule has 0 unspecified atom stereocenters. The molecule has 0 saturated carbocycles. The van der Waals surface area contributed by atoms with Gasteiger partial charge in [-0.3, -0.25) is 0 Å². The lowest BCUT2D eigenvalue weighted by molar-refractivity contribution is 0.0697. The summed E-state index contributed by atoms with van der Waals surface area (Å²) in [5, 5.41) is 21.1. The van der Waals surface area contributed by atoms with Crippen LogP contribution >= 0.6 is 15.9 Å². The number of halogens is 1. The third-order valence-corrected chi connectivity index (χ3v) is 5.15. The number of aromatic nitrogens is 1. The molecular formula is C20H21BrN2O3. The summed E-state index contributed by atoms with van der Waals surface area (Å²) in [5.74, 6) is -0.895. The number of phenols is 1. The van der Waals surface area contributed by atoms with Crippen LogP contribution in [0.25, 0.3) is 10.9 Å². The van der Waals surface area contributed by atoms with Crippen molar-refractivity contribution in [3.05, 3.63) is 63.3 Å². The molecule has 3 aromatic rings. The van der Waals surface area contributed by atoms with Crippen molar-refractivity contribution in [2.45, 2.75) is 13.0 Å². The average molecular weight is 417 g/mol. The fourth-order valence-corrected chi connectivity index (χ4v) is 3.83. The Balaban J connectivity index is 2.34. The Bertz CT molecular complexity index is 978. The number of carboxylic acids is 1. The smallest absolute Gasteiger partial charge is 0.338 e. The van der Waals surface area contributed by atoms with Gasteiger partial charge in [-0.05, 0) is 41.7 Å². The Morgan fingerprint density at radius 1 is 1.23 bits per heavy atom. The van der Waals surface area contributed by atoms with E-state index in [1.54, 1.807) is 6.07 Å². The van der Waals surface area contributed by atoms with Crippen LogP contribution in [0.3, 0.4) is 0 Å². The van der Waals surface area contributed by atoms with Gasteiger partial charge in [0.1, 0.15) is 5.75 Å². The number of hydrogen-bond donors (Lipinski definition) is 2. The largest absolute Gasteiger partial charge is 0.506 e. The first-order valence-corrected chi connectivity index (χ1v) is 9.04. The summed E-state index contributed by atoms with van der Waals surface area (Å²) in [6.45, 7) is 0.441. The number of aryl methyl sites for hydroxylation is 1. The molecule has 0 amide bonds. The first-order chi connectivity index (χ1) is 12.3. The van der Waals surface area contributed by atoms with Crippen LogP contribution in [0, 0.1) is 0 Å². The molecule has 1 heterocycles. The lowest BCUT2D eigenvalue weighted by Gasteiger charge is -2.14. The number of fused-ring (bicyclic) bond motifs is 1. The van der Waals surface area contributed by atoms with Crippen LogP contribution in [-0.4, -0.2) is 39.7 Å². The van der Waals surface area contributed by atoms with E-state index in [1.165, 1.54) is 0 Å². The van der Waals surface area contributed by atoms with Crippen molar-refractivity contribution in [3.8, 4) is 5.75 Å². The van der Waals surface area contributed by atoms with Gasteiger partial charge < -0.3 is 19.7 Å². The fourth-order valence-electron chi connectivity index (χ4n) is 3.38. The van der Waals surface area contributed by atoms with Crippen molar-refractivity contribution in [1.82, 2.24) is 9.47 Å². The Morgan fingerprint density at radius 2 is 1.88 bits per heavy atom. The molecule has 3 rings (SSSR count). The lowest BCUT2D eigenvalue weighted by atomic mass is 10.0. The zero-order valence-electron chi connectivity index (χ0n) is 15.0. The number of benzene rings is 2. The first-order valence-electron chi connectivity index (χ1n) is 8.24. The van der Waals surface area contributed by atoms with Gasteiger partial charge in [0, 0.05) is 36.7 Å². The second kappa shape index (κ2) is 7.13. The van der Waals surface area contributed by atoms with Crippen LogP contribution in [0.1, 0.15) is 27.2 Å². The SMILES string of the molecule is CN(C)Cc1c(O)c(Br)cc2c1c(C(=O)O)c(Cc1ccccc1)n2C. The van der Waals surface area contributed by atoms with E-state index in [0.29, 0.717) is 28.4 Å². The van der Waals surface area contributed by atoms with Crippen molar-refractivity contribution in [2.24, 2.45) is 7.05 Å². The van der Waals surface area contributed by atoms with Gasteiger partial charge in [-0.25, -0.2) is 4.79 Å². The number of carbonyl (C=O) groups is 1. The molecule has 0 fully saturated rings. The number of nitrogens with zero attached hydrogens (tertiary/aromatic N) is 2. The molecule has 0 radical (unpaired) electrons. The predicted molar refractivity (Wildman–Crippen MR) is 106 cm³/mol. The number of carboxylic acid groups (broad SMARTS) is 1. The molecule has 6 heteroatoms. The zero-order chi connectivity index (χ0) is 19.0. The highest BCUT2D eigenvalue weighted by atomic mass is 79.9. The average Bonchev–Trinajstić information content (AvgIpc) is 2.85. The highest BCUT2D eigenvalue weighted by Gasteiger charge is 2.26. The number of phenolic OH excluding ortho intramolecular Hbond substituents is 1. The van der Waals surface area contributed by atoms with E-state index in [0.717, 1.165) is 16.8 Å². The van der Waals surface area contributed by atoms with Crippen molar-refractivity contribution in [1.29, 1.82) is 0 Å². The summed E-state index contributed by atoms with van der Waals surface area (Å²) in [7, 11) is 5.65. The van der Waals surface area contributed by atoms with E-state index in [9.17, 15) is 15.0 Å². The van der Waals surface area contributed by atoms with Gasteiger partial charge in [-0.15, -0.1) is 0 Å². The molecule has 0 spiro atoms. The summed E-state index contributed by atoms with van der Waals surface area (Å²) in [4.78, 5) is 14.1. The second-order valence-corrected chi connectivity index (χ2v) is 7.52. The van der Waals surface area contributed by atoms with E-state index in [-0.39, 0.29) is 11.3 Å². The molecule has 0 atom stereocenters. The monoisotopic (exact) mass is 416 g/mol. The van der Waals surface area contributed by atoms with E-state index < -0.39 is 5.97 Å². The summed E-state index contributed by atoms with van der Waals surface area (Å²) in [5.41, 5.74) is 3.42. The van der Waals surface area contributed by atoms with Crippen LogP contribution in [0.15, 0.2) is 40.9 Å². The fraction of sp³-hybridized carbons (Fsp3) is 0.250. The maximum Gasteiger partial charge on any atom is 0.338 e. The van der Waals surface area contributed by atoms with Crippen LogP contribution in [0.5, 0.6) is 5.75 Å². The number of rotatable bonds is 5. The van der Waals surface area contributed by atoms with Gasteiger partial charge >= 0.3 is 5.97 Å². The van der Waals surface area contributed by atoms with Gasteiger partial charge in [0.25, 0.3) is 0 Å². The Labute approximate surface area is 160 Å². The van der Waals surface area contributed by atoms with Crippen LogP contribution in [0.4, 0.5) is 0 Å². The van der Waals surface area contributed by atoms with E-state index in [2.05, 4.69) is 15.9 Å². The summed E-state index contributed by atoms with van der Waals surface area (Å²) < 4.78 is 2.47. The Morgan fingerprint density at radius 3 is 2.46 bits per heavy atom. The van der Waals surface area contributed by atoms with Gasteiger partial charge in [-0.2, -0.15) is 0 Å². The minimum Gasteiger partial charge on any atom is -0.506 e. The highest BCUT2D eigenvalue weighted by Crippen LogP contribution is 2.39. The molecule has 26 heavy (non-hydrogen) atoms. The van der Waals surface area contributed by atoms with E-state index in [4.69, 9.17) is 0 Å². The third-order valence-electron chi connectivity index (χ3n) is 4.54. The summed E-state index contributed by atoms with van der Waals surface area (Å²) in [6.07, 6.45) is 0.507. The minimum absolute atomic E-state index is 0.0885. The maximum absolute atomic E-state index is 12.2. The maximum atomic E-state index is 12.2. The quantitative estimate of drug-likeness (QED) is 0.659. The molecule has 0 aliphatic carbocycles. The van der Waals surface area contributed by atoms with Crippen molar-refractivity contribution < 1.29 is 15.0 Å². The van der Waals surface area contributed by atoms with Gasteiger partial charge in [0.05, 0.1) is 15.6 Å². The predicted octanol–water partition coefficient (Wildman–Crippen LogP) is 4.00. The molecule has 0 saturated heterocycles. The molecule has 2 aromatic carbocycles. The number of aromatic hydroxyl groups is 1. The van der Waals surface area contributed by atoms with Crippen molar-refractivity contribution in [2.75, 3.05) is 14.1 Å². The second-order valence-electron chi connectivity index (χ2n) is 6.67. The van der Waals surface area contributed by atoms with Crippen LogP contribution in [0.2, 0.25) is 0 Å². The molecule has 0 aliphatic heterocycles. The standard InChI is InChI=1S/C20H21BrN2O3/c1-22(2)11-13-17-16(10-14(21)19(13)24)23(3)15(18(17)20(25)26)9-12-7-5-4-6-8-12/h4-8,10,24H,9,11H2,1-3H3,(H,25,26). The number of hydrogen-bond acceptors (Lipinski definition) is 3. The van der Waals surface area contributed by atoms with Gasteiger partial charge in [-0.1, -0.05) is 30.3 Å². The van der Waals surface area contributed by atoms with E-state index in [1.807, 2.05) is 60.9 Å². The van der Waals surface area contributed by atoms with E-state index >= 15 is 0 Å². The summed E-state index contributed by atoms with van der Waals surface area (Å²) >= 11 is 3.40. The molecule has 1 aromatic heterocycles. The molecule has 136 valence electrons. The van der Waals surface area contributed by atoms with Crippen LogP contribution in [-0.2, 0) is 20.0 Å². The Kier molecular flexibility index (Phi) is 5.07. The lowest BCUT2D eigenvalue weighted by Crippen LogP contribution is -2.12. The molecule has 5 nitrogen and oxygen atoms in total. The first kappa shape index (κ1) is 18.5. The van der Waals surface area contributed by atoms with Gasteiger partial charge in [0.15, 0.2) is 0 Å². The minimum atomic E-state index is -0.983. The summed E-state index contributed by atoms with van der Waals surface area (Å²) in [6, 6.07) is 11.6. The highest BCUT2D eigenvalue weighted by molar-refractivity contribution is 9.10. The normalized spacial score (nSPS) is 11.4. The zero-order valence-corrected chi connectivity index (χ0v) is 16.5. The van der Waals surface area contributed by atoms with Crippen molar-refractivity contribution in [3.63, 3.8) is 0 Å². The molecular weight excluding hydrogens is 396 g/mol. The molecule has 2 N–H and O–H groups in total. The molecule has 0 bridgehead atoms. The number of aromatic carboxylic acids is 1. The topological polar surface area (TPSA) is 65.7 Å². The third kappa shape index (κ3) is 3.22. The Hall–Kier alpha value is -2.31.